The topological polar surface area (TPSA) is 59.3 Å². The molecule has 7 heteroatoms. The summed E-state index contributed by atoms with van der Waals surface area (Å²) in [6, 6.07) is 1.69. The summed E-state index contributed by atoms with van der Waals surface area (Å²) in [5.41, 5.74) is 0. The minimum Gasteiger partial charge on any atom is -0.301 e. The summed E-state index contributed by atoms with van der Waals surface area (Å²) >= 11 is 3.14. The second-order valence-corrected chi connectivity index (χ2v) is 8.23. The van der Waals surface area contributed by atoms with Crippen molar-refractivity contribution in [3.05, 3.63) is 12.7 Å². The van der Waals surface area contributed by atoms with Gasteiger partial charge in [0.15, 0.2) is 0 Å². The summed E-state index contributed by atoms with van der Waals surface area (Å²) in [6.45, 7) is 6.90. The fraction of sp³-hybridized carbons (Fsp3) is 0.727. The van der Waals surface area contributed by atoms with E-state index in [-0.39, 0.29) is 0 Å². The van der Waals surface area contributed by atoms with Crippen molar-refractivity contribution in [2.75, 3.05) is 30.5 Å². The SMILES string of the molecule is C=CC#N.CCOP(=O)(OCC)SCCSCC. The van der Waals surface area contributed by atoms with Crippen LogP contribution in [0, 0.1) is 11.3 Å². The Kier molecular flexibility index (Phi) is 17.2. The van der Waals surface area contributed by atoms with Crippen LogP contribution in [0.3, 0.4) is 0 Å². The van der Waals surface area contributed by atoms with Crippen LogP contribution >= 0.6 is 29.9 Å². The average molecular weight is 311 g/mol. The number of hydrogen-bond acceptors (Lipinski definition) is 6. The number of hydrogen-bond donors (Lipinski definition) is 0. The van der Waals surface area contributed by atoms with Gasteiger partial charge >= 0.3 is 6.80 Å². The largest absolute Gasteiger partial charge is 0.389 e. The summed E-state index contributed by atoms with van der Waals surface area (Å²) in [4.78, 5) is 0. The van der Waals surface area contributed by atoms with Crippen molar-refractivity contribution < 1.29 is 13.6 Å². The minimum absolute atomic E-state index is 0.436. The van der Waals surface area contributed by atoms with Crippen molar-refractivity contribution >= 4 is 29.9 Å². The molecule has 18 heavy (non-hydrogen) atoms. The van der Waals surface area contributed by atoms with E-state index in [0.29, 0.717) is 13.2 Å². The van der Waals surface area contributed by atoms with Gasteiger partial charge in [0, 0.05) is 17.6 Å². The molecule has 0 saturated heterocycles. The zero-order valence-electron chi connectivity index (χ0n) is 11.3. The highest BCUT2D eigenvalue weighted by molar-refractivity contribution is 8.55. The normalized spacial score (nSPS) is 10.1. The van der Waals surface area contributed by atoms with Crippen LogP contribution in [0.25, 0.3) is 0 Å². The molecular formula is C11H22NO3PS2. The van der Waals surface area contributed by atoms with Crippen LogP contribution in [-0.2, 0) is 13.6 Å². The number of nitrogens with zero attached hydrogens (tertiary/aromatic N) is 1. The van der Waals surface area contributed by atoms with Gasteiger partial charge in [-0.15, -0.1) is 0 Å². The summed E-state index contributed by atoms with van der Waals surface area (Å²) in [6.07, 6.45) is 1.18. The maximum absolute atomic E-state index is 11.9. The maximum Gasteiger partial charge on any atom is 0.389 e. The van der Waals surface area contributed by atoms with Crippen molar-refractivity contribution in [3.8, 4) is 6.07 Å². The molecule has 106 valence electrons. The van der Waals surface area contributed by atoms with E-state index < -0.39 is 6.80 Å². The predicted octanol–water partition coefficient (Wildman–Crippen LogP) is 4.35. The molecule has 0 saturated carbocycles. The smallest absolute Gasteiger partial charge is 0.301 e. The Labute approximate surface area is 119 Å². The lowest BCUT2D eigenvalue weighted by Gasteiger charge is -2.15. The van der Waals surface area contributed by atoms with Gasteiger partial charge in [-0.2, -0.15) is 17.0 Å². The molecule has 0 aliphatic rings. The van der Waals surface area contributed by atoms with Gasteiger partial charge in [0.05, 0.1) is 19.3 Å². The van der Waals surface area contributed by atoms with Gasteiger partial charge in [-0.3, -0.25) is 0 Å². The Bertz CT molecular complexity index is 272. The zero-order valence-corrected chi connectivity index (χ0v) is 13.8. The van der Waals surface area contributed by atoms with Crippen LogP contribution in [0.2, 0.25) is 0 Å². The third-order valence-electron chi connectivity index (χ3n) is 1.35. The van der Waals surface area contributed by atoms with E-state index in [1.165, 1.54) is 17.5 Å². The van der Waals surface area contributed by atoms with Crippen LogP contribution in [0.5, 0.6) is 0 Å². The molecule has 0 spiro atoms. The molecule has 0 rings (SSSR count). The first-order valence-corrected chi connectivity index (χ1v) is 10.0. The molecule has 0 atom stereocenters. The predicted molar refractivity (Wildman–Crippen MR) is 82.1 cm³/mol. The van der Waals surface area contributed by atoms with Gasteiger partial charge in [0.25, 0.3) is 0 Å². The second kappa shape index (κ2) is 15.1. The third kappa shape index (κ3) is 14.1. The standard InChI is InChI=1S/C8H19O3PS2.C3H3N/c1-4-10-12(9,11-5-2)14-8-7-13-6-3;1-2-3-4/h4-8H2,1-3H3;2H,1H2. The number of nitriles is 1. The molecule has 0 aromatic carbocycles. The van der Waals surface area contributed by atoms with E-state index in [2.05, 4.69) is 13.5 Å². The van der Waals surface area contributed by atoms with Gasteiger partial charge in [0.1, 0.15) is 0 Å². The van der Waals surface area contributed by atoms with E-state index in [1.54, 1.807) is 6.07 Å². The highest BCUT2D eigenvalue weighted by Gasteiger charge is 2.23. The zero-order chi connectivity index (χ0) is 14.3. The van der Waals surface area contributed by atoms with Crippen LogP contribution in [0.1, 0.15) is 20.8 Å². The lowest BCUT2D eigenvalue weighted by molar-refractivity contribution is 0.237. The Morgan fingerprint density at radius 1 is 1.28 bits per heavy atom. The molecule has 0 fully saturated rings. The number of rotatable bonds is 9. The molecule has 0 heterocycles. The molecule has 0 aromatic rings. The van der Waals surface area contributed by atoms with E-state index >= 15 is 0 Å². The van der Waals surface area contributed by atoms with Crippen LogP contribution in [-0.4, -0.2) is 30.5 Å². The van der Waals surface area contributed by atoms with Crippen molar-refractivity contribution in [2.45, 2.75) is 20.8 Å². The van der Waals surface area contributed by atoms with Crippen molar-refractivity contribution in [2.24, 2.45) is 0 Å². The first kappa shape index (κ1) is 20.4. The molecule has 0 aliphatic heterocycles. The fourth-order valence-corrected chi connectivity index (χ4v) is 5.34. The number of thioether (sulfide) groups is 1. The Hall–Kier alpha value is 0.0800. The van der Waals surface area contributed by atoms with E-state index in [4.69, 9.17) is 14.3 Å². The summed E-state index contributed by atoms with van der Waals surface area (Å²) in [5.74, 6) is 2.90. The van der Waals surface area contributed by atoms with Crippen molar-refractivity contribution in [1.82, 2.24) is 0 Å². The summed E-state index contributed by atoms with van der Waals surface area (Å²) < 4.78 is 22.2. The summed E-state index contributed by atoms with van der Waals surface area (Å²) in [7, 11) is 0. The Morgan fingerprint density at radius 3 is 2.11 bits per heavy atom. The average Bonchev–Trinajstić information content (AvgIpc) is 2.36. The molecule has 0 aliphatic carbocycles. The monoisotopic (exact) mass is 311 g/mol. The first-order chi connectivity index (χ1) is 8.60. The first-order valence-electron chi connectivity index (χ1n) is 5.72. The van der Waals surface area contributed by atoms with Gasteiger partial charge in [-0.25, -0.2) is 4.57 Å². The van der Waals surface area contributed by atoms with Gasteiger partial charge in [-0.1, -0.05) is 13.5 Å². The third-order valence-corrected chi connectivity index (χ3v) is 6.49. The van der Waals surface area contributed by atoms with Crippen LogP contribution in [0.15, 0.2) is 12.7 Å². The molecule has 0 bridgehead atoms. The maximum atomic E-state index is 11.9. The fourth-order valence-electron chi connectivity index (χ4n) is 0.780. The molecule has 0 radical (unpaired) electrons. The van der Waals surface area contributed by atoms with E-state index in [1.807, 2.05) is 25.6 Å². The summed E-state index contributed by atoms with van der Waals surface area (Å²) in [5, 5.41) is 7.51. The Morgan fingerprint density at radius 2 is 1.78 bits per heavy atom. The van der Waals surface area contributed by atoms with E-state index in [0.717, 1.165) is 17.3 Å². The highest BCUT2D eigenvalue weighted by atomic mass is 32.7. The highest BCUT2D eigenvalue weighted by Crippen LogP contribution is 2.60. The van der Waals surface area contributed by atoms with Gasteiger partial charge < -0.3 is 9.05 Å². The van der Waals surface area contributed by atoms with E-state index in [9.17, 15) is 4.57 Å². The molecule has 4 nitrogen and oxygen atoms in total. The molecular weight excluding hydrogens is 289 g/mol. The van der Waals surface area contributed by atoms with Crippen LogP contribution in [0.4, 0.5) is 0 Å². The molecule has 0 amide bonds. The lowest BCUT2D eigenvalue weighted by Crippen LogP contribution is -1.94. The lowest BCUT2D eigenvalue weighted by atomic mass is 10.8. The second-order valence-electron chi connectivity index (χ2n) is 2.65. The van der Waals surface area contributed by atoms with Crippen molar-refractivity contribution in [3.63, 3.8) is 0 Å². The Balaban J connectivity index is 0. The minimum atomic E-state index is -2.86. The quantitative estimate of drug-likeness (QED) is 0.358. The van der Waals surface area contributed by atoms with Crippen LogP contribution < -0.4 is 0 Å². The van der Waals surface area contributed by atoms with Gasteiger partial charge in [-0.05, 0) is 31.0 Å². The van der Waals surface area contributed by atoms with Crippen molar-refractivity contribution in [1.29, 1.82) is 5.26 Å². The number of allylic oxidation sites excluding steroid dienone is 1. The molecule has 0 N–H and O–H groups in total. The molecule has 0 unspecified atom stereocenters. The molecule has 0 aromatic heterocycles. The van der Waals surface area contributed by atoms with Gasteiger partial charge in [0.2, 0.25) is 0 Å².